The van der Waals surface area contributed by atoms with Crippen molar-refractivity contribution < 1.29 is 23.5 Å². The molecule has 0 atom stereocenters. The van der Waals surface area contributed by atoms with Crippen molar-refractivity contribution in [2.24, 2.45) is 0 Å². The van der Waals surface area contributed by atoms with Gasteiger partial charge in [0.15, 0.2) is 12.4 Å². The van der Waals surface area contributed by atoms with E-state index in [1.807, 2.05) is 30.3 Å². The molecule has 3 rings (SSSR count). The third-order valence-corrected chi connectivity index (χ3v) is 3.58. The summed E-state index contributed by atoms with van der Waals surface area (Å²) < 4.78 is 15.6. The molecule has 0 aliphatic rings. The first kappa shape index (κ1) is 18.2. The number of aromatic nitrogens is 1. The number of nitrogens with one attached hydrogen (secondary N) is 1. The molecule has 1 heterocycles. The second-order valence-electron chi connectivity index (χ2n) is 5.48. The van der Waals surface area contributed by atoms with Crippen molar-refractivity contribution >= 4 is 17.7 Å². The summed E-state index contributed by atoms with van der Waals surface area (Å²) in [5.74, 6) is 0.399. The maximum absolute atomic E-state index is 12.1. The molecule has 0 unspecified atom stereocenters. The number of carbonyl (C=O) groups excluding carboxylic acids is 2. The van der Waals surface area contributed by atoms with Gasteiger partial charge >= 0.3 is 12.1 Å². The lowest BCUT2D eigenvalue weighted by Gasteiger charge is -2.06. The molecule has 0 fully saturated rings. The lowest BCUT2D eigenvalue weighted by atomic mass is 10.2. The fraction of sp³-hybridized carbons (Fsp3) is 0.150. The number of rotatable bonds is 6. The van der Waals surface area contributed by atoms with Gasteiger partial charge in [-0.2, -0.15) is 0 Å². The van der Waals surface area contributed by atoms with E-state index in [2.05, 4.69) is 10.3 Å². The maximum Gasteiger partial charge on any atom is 0.411 e. The van der Waals surface area contributed by atoms with Crippen LogP contribution in [0.1, 0.15) is 23.2 Å². The first-order chi connectivity index (χ1) is 13.2. The molecule has 0 spiro atoms. The minimum Gasteiger partial charge on any atom is -0.452 e. The van der Waals surface area contributed by atoms with Crippen molar-refractivity contribution in [2.75, 3.05) is 11.9 Å². The van der Waals surface area contributed by atoms with Crippen LogP contribution in [0.15, 0.2) is 65.2 Å². The highest BCUT2D eigenvalue weighted by atomic mass is 16.5. The third-order valence-electron chi connectivity index (χ3n) is 3.58. The van der Waals surface area contributed by atoms with Gasteiger partial charge in [0, 0.05) is 11.3 Å². The van der Waals surface area contributed by atoms with Gasteiger partial charge in [-0.15, -0.1) is 0 Å². The van der Waals surface area contributed by atoms with Crippen LogP contribution >= 0.6 is 0 Å². The Balaban J connectivity index is 1.55. The minimum absolute atomic E-state index is 0.0749. The summed E-state index contributed by atoms with van der Waals surface area (Å²) in [6.07, 6.45) is 1.04. The van der Waals surface area contributed by atoms with Crippen LogP contribution in [0.25, 0.3) is 11.3 Å². The van der Waals surface area contributed by atoms with Crippen LogP contribution in [0.3, 0.4) is 0 Å². The number of oxazole rings is 1. The van der Waals surface area contributed by atoms with E-state index in [9.17, 15) is 9.59 Å². The van der Waals surface area contributed by atoms with E-state index in [0.29, 0.717) is 22.9 Å². The first-order valence-corrected chi connectivity index (χ1v) is 8.37. The lowest BCUT2D eigenvalue weighted by molar-refractivity contribution is 0.0439. The normalized spacial score (nSPS) is 10.3. The summed E-state index contributed by atoms with van der Waals surface area (Å²) in [6.45, 7) is 1.92. The van der Waals surface area contributed by atoms with Crippen molar-refractivity contribution in [1.82, 2.24) is 4.98 Å². The van der Waals surface area contributed by atoms with E-state index < -0.39 is 12.1 Å². The van der Waals surface area contributed by atoms with Crippen molar-refractivity contribution in [2.45, 2.75) is 13.5 Å². The average molecular weight is 366 g/mol. The van der Waals surface area contributed by atoms with Crippen molar-refractivity contribution in [3.8, 4) is 11.3 Å². The lowest BCUT2D eigenvalue weighted by Crippen LogP contribution is -2.13. The van der Waals surface area contributed by atoms with Gasteiger partial charge in [0.1, 0.15) is 0 Å². The summed E-state index contributed by atoms with van der Waals surface area (Å²) >= 11 is 0. The Bertz CT molecular complexity index is 904. The van der Waals surface area contributed by atoms with E-state index in [0.717, 1.165) is 5.56 Å². The predicted octanol–water partition coefficient (Wildman–Crippen LogP) is 4.27. The van der Waals surface area contributed by atoms with Crippen LogP contribution in [-0.2, 0) is 16.1 Å². The topological polar surface area (TPSA) is 90.7 Å². The smallest absolute Gasteiger partial charge is 0.411 e. The van der Waals surface area contributed by atoms with Crippen molar-refractivity contribution in [1.29, 1.82) is 0 Å². The molecule has 2 aromatic carbocycles. The number of carbonyl (C=O) groups is 2. The molecule has 7 heteroatoms. The Morgan fingerprint density at radius 2 is 1.78 bits per heavy atom. The first-order valence-electron chi connectivity index (χ1n) is 8.37. The molecule has 138 valence electrons. The second-order valence-corrected chi connectivity index (χ2v) is 5.48. The highest BCUT2D eigenvalue weighted by Gasteiger charge is 2.11. The van der Waals surface area contributed by atoms with Gasteiger partial charge in [-0.05, 0) is 31.2 Å². The minimum atomic E-state index is -0.550. The number of ether oxygens (including phenoxy) is 2. The van der Waals surface area contributed by atoms with Gasteiger partial charge < -0.3 is 13.9 Å². The van der Waals surface area contributed by atoms with Crippen LogP contribution in [0.5, 0.6) is 0 Å². The standard InChI is InChI=1S/C20H18N2O5/c1-2-25-20(24)22-16-10-8-15(9-11-16)19(23)26-13-18-21-12-17(27-18)14-6-4-3-5-7-14/h3-12H,2,13H2,1H3,(H,22,24). The molecule has 1 amide bonds. The van der Waals surface area contributed by atoms with Gasteiger partial charge in [-0.1, -0.05) is 30.3 Å². The van der Waals surface area contributed by atoms with E-state index >= 15 is 0 Å². The molecule has 0 aliphatic carbocycles. The molecule has 0 saturated carbocycles. The summed E-state index contributed by atoms with van der Waals surface area (Å²) in [6, 6.07) is 15.8. The zero-order valence-electron chi connectivity index (χ0n) is 14.7. The van der Waals surface area contributed by atoms with Gasteiger partial charge in [0.05, 0.1) is 18.4 Å². The SMILES string of the molecule is CCOC(=O)Nc1ccc(C(=O)OCc2ncc(-c3ccccc3)o2)cc1. The van der Waals surface area contributed by atoms with Crippen LogP contribution < -0.4 is 5.32 Å². The zero-order chi connectivity index (χ0) is 19.1. The highest BCUT2D eigenvalue weighted by Crippen LogP contribution is 2.20. The Morgan fingerprint density at radius 3 is 2.48 bits per heavy atom. The molecule has 1 N–H and O–H groups in total. The maximum atomic E-state index is 12.1. The number of nitrogens with zero attached hydrogens (tertiary/aromatic N) is 1. The molecule has 3 aromatic rings. The summed E-state index contributed by atoms with van der Waals surface area (Å²) in [5.41, 5.74) is 1.76. The van der Waals surface area contributed by atoms with Crippen molar-refractivity contribution in [3.63, 3.8) is 0 Å². The molecule has 7 nitrogen and oxygen atoms in total. The Morgan fingerprint density at radius 1 is 1.04 bits per heavy atom. The van der Waals surface area contributed by atoms with Gasteiger partial charge in [-0.3, -0.25) is 5.32 Å². The Labute approximate surface area is 155 Å². The molecular weight excluding hydrogens is 348 g/mol. The van der Waals surface area contributed by atoms with Crippen LogP contribution in [-0.4, -0.2) is 23.7 Å². The number of amides is 1. The Kier molecular flexibility index (Phi) is 5.84. The van der Waals surface area contributed by atoms with Crippen LogP contribution in [0.2, 0.25) is 0 Å². The molecule has 0 bridgehead atoms. The fourth-order valence-electron chi connectivity index (χ4n) is 2.30. The van der Waals surface area contributed by atoms with E-state index in [1.165, 1.54) is 0 Å². The third kappa shape index (κ3) is 4.94. The largest absolute Gasteiger partial charge is 0.452 e. The molecule has 1 aromatic heterocycles. The molecule has 0 aliphatic heterocycles. The van der Waals surface area contributed by atoms with E-state index in [-0.39, 0.29) is 13.2 Å². The molecule has 0 radical (unpaired) electrons. The van der Waals surface area contributed by atoms with Crippen molar-refractivity contribution in [3.05, 3.63) is 72.2 Å². The van der Waals surface area contributed by atoms with Gasteiger partial charge in [-0.25, -0.2) is 14.6 Å². The average Bonchev–Trinajstić information content (AvgIpc) is 3.17. The second kappa shape index (κ2) is 8.66. The predicted molar refractivity (Wildman–Crippen MR) is 98.1 cm³/mol. The monoisotopic (exact) mass is 366 g/mol. The number of esters is 1. The van der Waals surface area contributed by atoms with Crippen LogP contribution in [0.4, 0.5) is 10.5 Å². The van der Waals surface area contributed by atoms with E-state index in [4.69, 9.17) is 13.9 Å². The summed E-state index contributed by atoms with van der Waals surface area (Å²) in [7, 11) is 0. The molecular formula is C20H18N2O5. The summed E-state index contributed by atoms with van der Waals surface area (Å²) in [4.78, 5) is 27.6. The summed E-state index contributed by atoms with van der Waals surface area (Å²) in [5, 5.41) is 2.55. The van der Waals surface area contributed by atoms with E-state index in [1.54, 1.807) is 37.4 Å². The van der Waals surface area contributed by atoms with Crippen LogP contribution in [0, 0.1) is 0 Å². The highest BCUT2D eigenvalue weighted by molar-refractivity contribution is 5.91. The quantitative estimate of drug-likeness (QED) is 0.655. The van der Waals surface area contributed by atoms with Gasteiger partial charge in [0.25, 0.3) is 0 Å². The number of benzene rings is 2. The number of anilines is 1. The molecule has 0 saturated heterocycles. The zero-order valence-corrected chi connectivity index (χ0v) is 14.7. The fourth-order valence-corrected chi connectivity index (χ4v) is 2.30. The molecule has 27 heavy (non-hydrogen) atoms. The Hall–Kier alpha value is -3.61. The van der Waals surface area contributed by atoms with Gasteiger partial charge in [0.2, 0.25) is 5.89 Å². The number of hydrogen-bond donors (Lipinski definition) is 1. The number of hydrogen-bond acceptors (Lipinski definition) is 6.